The molecule has 1 aliphatic rings. The van der Waals surface area contributed by atoms with Gasteiger partial charge in [0, 0.05) is 12.7 Å². The van der Waals surface area contributed by atoms with Gasteiger partial charge in [0.1, 0.15) is 0 Å². The van der Waals surface area contributed by atoms with E-state index in [-0.39, 0.29) is 17.7 Å². The zero-order chi connectivity index (χ0) is 12.3. The lowest BCUT2D eigenvalue weighted by atomic mass is 9.96. The van der Waals surface area contributed by atoms with Crippen LogP contribution in [0.2, 0.25) is 0 Å². The molecule has 0 aliphatic heterocycles. The molecule has 6 nitrogen and oxygen atoms in total. The van der Waals surface area contributed by atoms with Crippen LogP contribution in [-0.2, 0) is 4.79 Å². The molecule has 1 heterocycles. The molecule has 2 atom stereocenters. The SMILES string of the molecule is O=C(NCC1CCCC1C(=O)O)c1cn[nH]c1. The number of nitrogens with zero attached hydrogens (tertiary/aromatic N) is 1. The lowest BCUT2D eigenvalue weighted by Crippen LogP contribution is -2.32. The molecule has 0 aromatic carbocycles. The number of hydrogen-bond donors (Lipinski definition) is 3. The molecule has 0 spiro atoms. The monoisotopic (exact) mass is 237 g/mol. The van der Waals surface area contributed by atoms with Crippen molar-refractivity contribution in [3.8, 4) is 0 Å². The molecule has 2 rings (SSSR count). The molecule has 6 heteroatoms. The molecule has 1 amide bonds. The average molecular weight is 237 g/mol. The van der Waals surface area contributed by atoms with E-state index in [0.717, 1.165) is 12.8 Å². The van der Waals surface area contributed by atoms with E-state index in [1.807, 2.05) is 0 Å². The van der Waals surface area contributed by atoms with Gasteiger partial charge in [-0.25, -0.2) is 0 Å². The van der Waals surface area contributed by atoms with Gasteiger partial charge in [0.2, 0.25) is 0 Å². The molecule has 0 saturated heterocycles. The summed E-state index contributed by atoms with van der Waals surface area (Å²) in [5.41, 5.74) is 0.467. The molecule has 0 bridgehead atoms. The minimum atomic E-state index is -0.759. The van der Waals surface area contributed by atoms with E-state index < -0.39 is 5.97 Å². The Morgan fingerprint density at radius 3 is 3.00 bits per heavy atom. The largest absolute Gasteiger partial charge is 0.481 e. The molecule has 3 N–H and O–H groups in total. The van der Waals surface area contributed by atoms with Crippen molar-refractivity contribution in [2.75, 3.05) is 6.54 Å². The summed E-state index contributed by atoms with van der Waals surface area (Å²) in [6, 6.07) is 0. The molecule has 17 heavy (non-hydrogen) atoms. The molecule has 1 saturated carbocycles. The van der Waals surface area contributed by atoms with E-state index in [4.69, 9.17) is 5.11 Å². The summed E-state index contributed by atoms with van der Waals surface area (Å²) >= 11 is 0. The summed E-state index contributed by atoms with van der Waals surface area (Å²) in [5, 5.41) is 18.0. The van der Waals surface area contributed by atoms with E-state index in [1.165, 1.54) is 12.4 Å². The number of carbonyl (C=O) groups is 2. The zero-order valence-corrected chi connectivity index (χ0v) is 9.35. The maximum absolute atomic E-state index is 11.6. The van der Waals surface area contributed by atoms with Gasteiger partial charge in [0.15, 0.2) is 0 Å². The number of carboxylic acid groups (broad SMARTS) is 1. The van der Waals surface area contributed by atoms with Crippen LogP contribution < -0.4 is 5.32 Å². The highest BCUT2D eigenvalue weighted by atomic mass is 16.4. The highest BCUT2D eigenvalue weighted by molar-refractivity contribution is 5.93. The molecular weight excluding hydrogens is 222 g/mol. The second kappa shape index (κ2) is 4.99. The molecule has 2 unspecified atom stereocenters. The van der Waals surface area contributed by atoms with Crippen LogP contribution in [0, 0.1) is 11.8 Å². The third-order valence-electron chi connectivity index (χ3n) is 3.26. The fourth-order valence-corrected chi connectivity index (χ4v) is 2.31. The number of aliphatic carboxylic acids is 1. The number of aromatic amines is 1. The summed E-state index contributed by atoms with van der Waals surface area (Å²) in [6.07, 6.45) is 5.45. The van der Waals surface area contributed by atoms with E-state index in [9.17, 15) is 9.59 Å². The number of H-pyrrole nitrogens is 1. The molecule has 92 valence electrons. The summed E-state index contributed by atoms with van der Waals surface area (Å²) in [6.45, 7) is 0.418. The Morgan fingerprint density at radius 1 is 1.53 bits per heavy atom. The van der Waals surface area contributed by atoms with Crippen molar-refractivity contribution in [3.63, 3.8) is 0 Å². The minimum Gasteiger partial charge on any atom is -0.481 e. The van der Waals surface area contributed by atoms with Crippen molar-refractivity contribution in [2.24, 2.45) is 11.8 Å². The first-order valence-electron chi connectivity index (χ1n) is 5.68. The first-order chi connectivity index (χ1) is 8.18. The number of aromatic nitrogens is 2. The first kappa shape index (κ1) is 11.6. The highest BCUT2D eigenvalue weighted by Crippen LogP contribution is 2.31. The Balaban J connectivity index is 1.86. The van der Waals surface area contributed by atoms with Crippen LogP contribution in [0.3, 0.4) is 0 Å². The van der Waals surface area contributed by atoms with Gasteiger partial charge >= 0.3 is 5.97 Å². The maximum Gasteiger partial charge on any atom is 0.306 e. The van der Waals surface area contributed by atoms with Gasteiger partial charge < -0.3 is 10.4 Å². The van der Waals surface area contributed by atoms with Crippen molar-refractivity contribution in [1.29, 1.82) is 0 Å². The summed E-state index contributed by atoms with van der Waals surface area (Å²) in [4.78, 5) is 22.6. The third kappa shape index (κ3) is 2.64. The Hall–Kier alpha value is -1.85. The quantitative estimate of drug-likeness (QED) is 0.716. The molecule has 1 aromatic rings. The van der Waals surface area contributed by atoms with Gasteiger partial charge in [0.05, 0.1) is 17.7 Å². The second-order valence-corrected chi connectivity index (χ2v) is 4.33. The summed E-state index contributed by atoms with van der Waals surface area (Å²) < 4.78 is 0. The van der Waals surface area contributed by atoms with Crippen molar-refractivity contribution >= 4 is 11.9 Å². The van der Waals surface area contributed by atoms with E-state index in [1.54, 1.807) is 0 Å². The van der Waals surface area contributed by atoms with Crippen LogP contribution >= 0.6 is 0 Å². The molecular formula is C11H15N3O3. The van der Waals surface area contributed by atoms with Gasteiger partial charge in [-0.15, -0.1) is 0 Å². The van der Waals surface area contributed by atoms with Crippen LogP contribution in [0.4, 0.5) is 0 Å². The van der Waals surface area contributed by atoms with Crippen LogP contribution in [0.25, 0.3) is 0 Å². The number of carboxylic acids is 1. The van der Waals surface area contributed by atoms with Gasteiger partial charge in [-0.05, 0) is 18.8 Å². The van der Waals surface area contributed by atoms with E-state index in [0.29, 0.717) is 18.5 Å². The minimum absolute atomic E-state index is 0.0448. The second-order valence-electron chi connectivity index (χ2n) is 4.33. The average Bonchev–Trinajstić information content (AvgIpc) is 2.96. The predicted octanol–water partition coefficient (Wildman–Crippen LogP) is 0.640. The topological polar surface area (TPSA) is 95.1 Å². The van der Waals surface area contributed by atoms with Crippen molar-refractivity contribution < 1.29 is 14.7 Å². The van der Waals surface area contributed by atoms with Crippen LogP contribution in [0.15, 0.2) is 12.4 Å². The lowest BCUT2D eigenvalue weighted by Gasteiger charge is -2.15. The first-order valence-corrected chi connectivity index (χ1v) is 5.68. The number of carbonyl (C=O) groups excluding carboxylic acids is 1. The van der Waals surface area contributed by atoms with Crippen molar-refractivity contribution in [2.45, 2.75) is 19.3 Å². The lowest BCUT2D eigenvalue weighted by molar-refractivity contribution is -0.142. The zero-order valence-electron chi connectivity index (χ0n) is 9.35. The molecule has 1 aromatic heterocycles. The summed E-state index contributed by atoms with van der Waals surface area (Å²) in [5.74, 6) is -1.25. The smallest absolute Gasteiger partial charge is 0.306 e. The Bertz CT molecular complexity index is 402. The fraction of sp³-hybridized carbons (Fsp3) is 0.545. The van der Waals surface area contributed by atoms with Crippen molar-refractivity contribution in [3.05, 3.63) is 18.0 Å². The molecule has 1 aliphatic carbocycles. The van der Waals surface area contributed by atoms with Gasteiger partial charge in [-0.3, -0.25) is 14.7 Å². The molecule has 0 radical (unpaired) electrons. The third-order valence-corrected chi connectivity index (χ3v) is 3.26. The normalized spacial score (nSPS) is 23.5. The van der Waals surface area contributed by atoms with Gasteiger partial charge in [-0.2, -0.15) is 5.10 Å². The summed E-state index contributed by atoms with van der Waals surface area (Å²) in [7, 11) is 0. The number of nitrogens with one attached hydrogen (secondary N) is 2. The number of rotatable bonds is 4. The standard InChI is InChI=1S/C11H15N3O3/c15-10(8-5-13-14-6-8)12-4-7-2-1-3-9(7)11(16)17/h5-7,9H,1-4H2,(H,12,15)(H,13,14)(H,16,17). The maximum atomic E-state index is 11.6. The predicted molar refractivity (Wildman–Crippen MR) is 59.4 cm³/mol. The van der Waals surface area contributed by atoms with E-state index >= 15 is 0 Å². The van der Waals surface area contributed by atoms with Gasteiger partial charge in [0.25, 0.3) is 5.91 Å². The Labute approximate surface area is 98.4 Å². The van der Waals surface area contributed by atoms with Crippen molar-refractivity contribution in [1.82, 2.24) is 15.5 Å². The number of hydrogen-bond acceptors (Lipinski definition) is 3. The number of amides is 1. The fourth-order valence-electron chi connectivity index (χ4n) is 2.31. The van der Waals surface area contributed by atoms with Crippen LogP contribution in [0.1, 0.15) is 29.6 Å². The van der Waals surface area contributed by atoms with Crippen LogP contribution in [0.5, 0.6) is 0 Å². The molecule has 1 fully saturated rings. The van der Waals surface area contributed by atoms with Gasteiger partial charge in [-0.1, -0.05) is 6.42 Å². The van der Waals surface area contributed by atoms with Crippen LogP contribution in [-0.4, -0.2) is 33.7 Å². The Kier molecular flexibility index (Phi) is 3.41. The Morgan fingerprint density at radius 2 is 2.35 bits per heavy atom. The highest BCUT2D eigenvalue weighted by Gasteiger charge is 2.32. The van der Waals surface area contributed by atoms with E-state index in [2.05, 4.69) is 15.5 Å².